The van der Waals surface area contributed by atoms with Gasteiger partial charge in [0, 0.05) is 25.0 Å². The lowest BCUT2D eigenvalue weighted by Gasteiger charge is -2.32. The average molecular weight is 271 g/mol. The second-order valence-corrected chi connectivity index (χ2v) is 6.22. The first-order valence-electron chi connectivity index (χ1n) is 7.30. The average Bonchev–Trinajstić information content (AvgIpc) is 2.86. The topological polar surface area (TPSA) is 29.9 Å². The highest BCUT2D eigenvalue weighted by atomic mass is 15.1. The molecule has 0 saturated heterocycles. The number of aromatic nitrogens is 2. The third-order valence-corrected chi connectivity index (χ3v) is 3.61. The summed E-state index contributed by atoms with van der Waals surface area (Å²) < 4.78 is 2.18. The molecule has 0 aliphatic heterocycles. The molecule has 1 unspecified atom stereocenters. The molecule has 0 fully saturated rings. The van der Waals surface area contributed by atoms with Gasteiger partial charge in [0.1, 0.15) is 5.82 Å². The van der Waals surface area contributed by atoms with Crippen molar-refractivity contribution < 1.29 is 0 Å². The minimum Gasteiger partial charge on any atom is -0.334 e. The van der Waals surface area contributed by atoms with Crippen LogP contribution in [0, 0.1) is 5.41 Å². The van der Waals surface area contributed by atoms with Gasteiger partial charge in [-0.2, -0.15) is 0 Å². The van der Waals surface area contributed by atoms with Gasteiger partial charge >= 0.3 is 0 Å². The first-order chi connectivity index (χ1) is 9.52. The second-order valence-electron chi connectivity index (χ2n) is 6.22. The molecule has 0 bridgehead atoms. The van der Waals surface area contributed by atoms with Crippen LogP contribution in [-0.4, -0.2) is 9.55 Å². The number of rotatable bonds is 5. The third-order valence-electron chi connectivity index (χ3n) is 3.61. The van der Waals surface area contributed by atoms with Crippen LogP contribution in [0.2, 0.25) is 0 Å². The Morgan fingerprint density at radius 2 is 1.90 bits per heavy atom. The van der Waals surface area contributed by atoms with Crippen molar-refractivity contribution in [3.05, 3.63) is 54.1 Å². The number of benzene rings is 1. The van der Waals surface area contributed by atoms with E-state index in [4.69, 9.17) is 0 Å². The Morgan fingerprint density at radius 3 is 2.50 bits per heavy atom. The molecule has 0 aliphatic rings. The zero-order valence-electron chi connectivity index (χ0n) is 12.9. The van der Waals surface area contributed by atoms with E-state index in [9.17, 15) is 0 Å². The van der Waals surface area contributed by atoms with E-state index in [1.807, 2.05) is 12.4 Å². The summed E-state index contributed by atoms with van der Waals surface area (Å²) in [6, 6.07) is 11.0. The van der Waals surface area contributed by atoms with Gasteiger partial charge in [0.15, 0.2) is 0 Å². The smallest absolute Gasteiger partial charge is 0.122 e. The molecule has 1 atom stereocenters. The number of hydrogen-bond donors (Lipinski definition) is 1. The molecular weight excluding hydrogens is 246 g/mol. The van der Waals surface area contributed by atoms with Gasteiger partial charge in [0.05, 0.1) is 6.54 Å². The van der Waals surface area contributed by atoms with E-state index in [0.29, 0.717) is 6.04 Å². The molecule has 20 heavy (non-hydrogen) atoms. The maximum absolute atomic E-state index is 4.44. The van der Waals surface area contributed by atoms with Crippen LogP contribution in [-0.2, 0) is 13.1 Å². The number of aryl methyl sites for hydroxylation is 1. The van der Waals surface area contributed by atoms with E-state index in [2.05, 4.69) is 72.9 Å². The van der Waals surface area contributed by atoms with E-state index in [0.717, 1.165) is 18.9 Å². The molecule has 0 aliphatic carbocycles. The number of nitrogens with zero attached hydrogens (tertiary/aromatic N) is 2. The number of imidazole rings is 1. The molecule has 1 aromatic carbocycles. The Labute approximate surface area is 122 Å². The van der Waals surface area contributed by atoms with Gasteiger partial charge < -0.3 is 9.88 Å². The van der Waals surface area contributed by atoms with Crippen LogP contribution in [0.15, 0.2) is 42.7 Å². The molecule has 3 heteroatoms. The summed E-state index contributed by atoms with van der Waals surface area (Å²) in [5.74, 6) is 1.10. The van der Waals surface area contributed by atoms with E-state index in [1.165, 1.54) is 5.56 Å². The largest absolute Gasteiger partial charge is 0.334 e. The van der Waals surface area contributed by atoms with E-state index in [-0.39, 0.29) is 5.41 Å². The zero-order valence-corrected chi connectivity index (χ0v) is 12.9. The molecular formula is C17H25N3. The highest BCUT2D eigenvalue weighted by Gasteiger charge is 2.25. The van der Waals surface area contributed by atoms with Crippen molar-refractivity contribution in [1.29, 1.82) is 0 Å². The van der Waals surface area contributed by atoms with E-state index >= 15 is 0 Å². The standard InChI is InChI=1S/C17H25N3/c1-5-20-12-11-18-15(20)13-19-16(17(2,3)4)14-9-7-6-8-10-14/h6-12,16,19H,5,13H2,1-4H3. The molecule has 3 nitrogen and oxygen atoms in total. The van der Waals surface area contributed by atoms with Crippen LogP contribution in [0.4, 0.5) is 0 Å². The lowest BCUT2D eigenvalue weighted by Crippen LogP contribution is -2.32. The first-order valence-corrected chi connectivity index (χ1v) is 7.30. The molecule has 1 heterocycles. The third kappa shape index (κ3) is 3.48. The summed E-state index contributed by atoms with van der Waals surface area (Å²) in [5.41, 5.74) is 1.49. The Morgan fingerprint density at radius 1 is 1.20 bits per heavy atom. The lowest BCUT2D eigenvalue weighted by molar-refractivity contribution is 0.268. The van der Waals surface area contributed by atoms with Gasteiger partial charge in [0.2, 0.25) is 0 Å². The van der Waals surface area contributed by atoms with Crippen molar-refractivity contribution in [2.75, 3.05) is 0 Å². The van der Waals surface area contributed by atoms with E-state index in [1.54, 1.807) is 0 Å². The summed E-state index contributed by atoms with van der Waals surface area (Å²) in [6.45, 7) is 10.7. The maximum Gasteiger partial charge on any atom is 0.122 e. The Kier molecular flexibility index (Phi) is 4.61. The van der Waals surface area contributed by atoms with Gasteiger partial charge in [-0.05, 0) is 17.9 Å². The molecule has 2 rings (SSSR count). The van der Waals surface area contributed by atoms with Crippen molar-refractivity contribution >= 4 is 0 Å². The summed E-state index contributed by atoms with van der Waals surface area (Å²) in [5, 5.41) is 3.67. The fourth-order valence-corrected chi connectivity index (χ4v) is 2.56. The monoisotopic (exact) mass is 271 g/mol. The van der Waals surface area contributed by atoms with Crippen LogP contribution in [0.1, 0.15) is 45.1 Å². The predicted octanol–water partition coefficient (Wildman–Crippen LogP) is 3.78. The lowest BCUT2D eigenvalue weighted by atomic mass is 9.82. The number of nitrogens with one attached hydrogen (secondary N) is 1. The molecule has 0 spiro atoms. The van der Waals surface area contributed by atoms with Crippen LogP contribution < -0.4 is 5.32 Å². The van der Waals surface area contributed by atoms with Crippen LogP contribution in [0.25, 0.3) is 0 Å². The molecule has 2 aromatic rings. The Balaban J connectivity index is 2.14. The summed E-state index contributed by atoms with van der Waals surface area (Å²) in [7, 11) is 0. The van der Waals surface area contributed by atoms with Crippen molar-refractivity contribution in [2.45, 2.75) is 46.8 Å². The maximum atomic E-state index is 4.44. The van der Waals surface area contributed by atoms with Gasteiger partial charge in [-0.1, -0.05) is 51.1 Å². The second kappa shape index (κ2) is 6.23. The van der Waals surface area contributed by atoms with Gasteiger partial charge in [-0.25, -0.2) is 4.98 Å². The van der Waals surface area contributed by atoms with Crippen molar-refractivity contribution in [2.24, 2.45) is 5.41 Å². The van der Waals surface area contributed by atoms with Gasteiger partial charge in [0.25, 0.3) is 0 Å². The predicted molar refractivity (Wildman–Crippen MR) is 83.4 cm³/mol. The molecule has 0 amide bonds. The van der Waals surface area contributed by atoms with Gasteiger partial charge in [-0.3, -0.25) is 0 Å². The normalized spacial score (nSPS) is 13.4. The minimum atomic E-state index is 0.158. The van der Waals surface area contributed by atoms with Gasteiger partial charge in [-0.15, -0.1) is 0 Å². The Hall–Kier alpha value is -1.61. The highest BCUT2D eigenvalue weighted by molar-refractivity contribution is 5.20. The van der Waals surface area contributed by atoms with Crippen LogP contribution in [0.3, 0.4) is 0 Å². The molecule has 0 saturated carbocycles. The summed E-state index contributed by atoms with van der Waals surface area (Å²) in [6.07, 6.45) is 3.90. The molecule has 108 valence electrons. The van der Waals surface area contributed by atoms with Crippen LogP contribution >= 0.6 is 0 Å². The fourth-order valence-electron chi connectivity index (χ4n) is 2.56. The molecule has 1 aromatic heterocycles. The quantitative estimate of drug-likeness (QED) is 0.897. The highest BCUT2D eigenvalue weighted by Crippen LogP contribution is 2.32. The SMILES string of the molecule is CCn1ccnc1CNC(c1ccccc1)C(C)(C)C. The van der Waals surface area contributed by atoms with Crippen molar-refractivity contribution in [1.82, 2.24) is 14.9 Å². The zero-order chi connectivity index (χ0) is 14.6. The molecule has 0 radical (unpaired) electrons. The van der Waals surface area contributed by atoms with Crippen LogP contribution in [0.5, 0.6) is 0 Å². The minimum absolute atomic E-state index is 0.158. The molecule has 1 N–H and O–H groups in total. The number of hydrogen-bond acceptors (Lipinski definition) is 2. The first kappa shape index (κ1) is 14.8. The van der Waals surface area contributed by atoms with E-state index < -0.39 is 0 Å². The summed E-state index contributed by atoms with van der Waals surface area (Å²) in [4.78, 5) is 4.44. The fraction of sp³-hybridized carbons (Fsp3) is 0.471. The summed E-state index contributed by atoms with van der Waals surface area (Å²) >= 11 is 0. The Bertz CT molecular complexity index is 523. The van der Waals surface area contributed by atoms with Crippen molar-refractivity contribution in [3.63, 3.8) is 0 Å². The van der Waals surface area contributed by atoms with Crippen molar-refractivity contribution in [3.8, 4) is 0 Å².